The van der Waals surface area contributed by atoms with Gasteiger partial charge >= 0.3 is 5.97 Å². The molecule has 2 N–H and O–H groups in total. The fourth-order valence-corrected chi connectivity index (χ4v) is 2.83. The van der Waals surface area contributed by atoms with Crippen molar-refractivity contribution in [3.05, 3.63) is 46.6 Å². The highest BCUT2D eigenvalue weighted by molar-refractivity contribution is 7.80. The van der Waals surface area contributed by atoms with Crippen LogP contribution in [0.25, 0.3) is 0 Å². The molecule has 4 nitrogen and oxygen atoms in total. The fraction of sp³-hybridized carbons (Fsp3) is 0.565. The maximum atomic E-state index is 11.8. The predicted molar refractivity (Wildman–Crippen MR) is 122 cm³/mol. The van der Waals surface area contributed by atoms with Crippen LogP contribution in [-0.2, 0) is 9.59 Å². The highest BCUT2D eigenvalue weighted by Gasteiger charge is 2.16. The van der Waals surface area contributed by atoms with E-state index in [2.05, 4.69) is 63.9 Å². The molecule has 0 aromatic heterocycles. The highest BCUT2D eigenvalue weighted by atomic mass is 32.1. The van der Waals surface area contributed by atoms with E-state index in [0.717, 1.165) is 44.1 Å². The van der Waals surface area contributed by atoms with Crippen molar-refractivity contribution in [3.63, 3.8) is 0 Å². The van der Waals surface area contributed by atoms with E-state index < -0.39 is 12.0 Å². The zero-order chi connectivity index (χ0) is 21.5. The Balaban J connectivity index is 4.26. The van der Waals surface area contributed by atoms with E-state index in [1.807, 2.05) is 6.92 Å². The van der Waals surface area contributed by atoms with Crippen LogP contribution in [0.1, 0.15) is 73.1 Å². The first kappa shape index (κ1) is 26.2. The molecule has 0 spiro atoms. The van der Waals surface area contributed by atoms with Gasteiger partial charge in [0.1, 0.15) is 6.04 Å². The summed E-state index contributed by atoms with van der Waals surface area (Å²) in [5.74, 6) is -1.39. The number of carbonyl (C=O) groups excluding carboxylic acids is 1. The van der Waals surface area contributed by atoms with Crippen LogP contribution >= 0.6 is 12.6 Å². The standard InChI is InChI=1S/C23H37NO3S/c1-17(2)9-6-10-18(3)11-7-12-19(4)13-8-14-20(5)15-22(25)24-21(16-28)23(26)27/h9,11,13,15,21,28H,6-8,10,12,14,16H2,1-5H3,(H,24,25)(H,26,27)/b18-11+,19-13+,20-15+/t21-/m0/s1. The van der Waals surface area contributed by atoms with Gasteiger partial charge in [-0.25, -0.2) is 4.79 Å². The van der Waals surface area contributed by atoms with Gasteiger partial charge in [0, 0.05) is 11.8 Å². The largest absolute Gasteiger partial charge is 0.480 e. The summed E-state index contributed by atoms with van der Waals surface area (Å²) in [6.45, 7) is 10.5. The molecule has 0 unspecified atom stereocenters. The first-order valence-corrected chi connectivity index (χ1v) is 10.5. The Morgan fingerprint density at radius 1 is 0.857 bits per heavy atom. The molecule has 1 amide bonds. The van der Waals surface area contributed by atoms with Gasteiger partial charge in [-0.15, -0.1) is 0 Å². The molecule has 5 heteroatoms. The zero-order valence-corrected chi connectivity index (χ0v) is 18.9. The molecule has 0 fully saturated rings. The Kier molecular flexibility index (Phi) is 14.3. The molecule has 0 aliphatic heterocycles. The van der Waals surface area contributed by atoms with Gasteiger partial charge in [0.2, 0.25) is 5.91 Å². The molecule has 0 heterocycles. The van der Waals surface area contributed by atoms with Crippen molar-refractivity contribution < 1.29 is 14.7 Å². The van der Waals surface area contributed by atoms with Crippen LogP contribution in [0, 0.1) is 0 Å². The third-order valence-electron chi connectivity index (χ3n) is 4.33. The summed E-state index contributed by atoms with van der Waals surface area (Å²) < 4.78 is 0. The molecule has 0 radical (unpaired) electrons. The van der Waals surface area contributed by atoms with Crippen LogP contribution in [0.5, 0.6) is 0 Å². The van der Waals surface area contributed by atoms with Crippen LogP contribution in [0.3, 0.4) is 0 Å². The Labute approximate surface area is 176 Å². The lowest BCUT2D eigenvalue weighted by Gasteiger charge is -2.10. The van der Waals surface area contributed by atoms with Crippen molar-refractivity contribution in [2.24, 2.45) is 0 Å². The third-order valence-corrected chi connectivity index (χ3v) is 4.69. The number of carboxylic acid groups (broad SMARTS) is 1. The van der Waals surface area contributed by atoms with Crippen LogP contribution in [0.2, 0.25) is 0 Å². The van der Waals surface area contributed by atoms with E-state index >= 15 is 0 Å². The van der Waals surface area contributed by atoms with Crippen LogP contribution in [0.15, 0.2) is 46.6 Å². The normalized spacial score (nSPS) is 13.9. The summed E-state index contributed by atoms with van der Waals surface area (Å²) in [4.78, 5) is 22.7. The zero-order valence-electron chi connectivity index (χ0n) is 18.0. The van der Waals surface area contributed by atoms with Crippen LogP contribution in [-0.4, -0.2) is 28.8 Å². The van der Waals surface area contributed by atoms with E-state index in [9.17, 15) is 9.59 Å². The van der Waals surface area contributed by atoms with Gasteiger partial charge in [-0.1, -0.05) is 40.5 Å². The number of aliphatic carboxylic acids is 1. The number of rotatable bonds is 13. The second-order valence-corrected chi connectivity index (χ2v) is 7.94. The van der Waals surface area contributed by atoms with E-state index in [1.165, 1.54) is 22.8 Å². The van der Waals surface area contributed by atoms with Crippen LogP contribution < -0.4 is 5.32 Å². The van der Waals surface area contributed by atoms with Gasteiger partial charge in [0.15, 0.2) is 0 Å². The van der Waals surface area contributed by atoms with Gasteiger partial charge < -0.3 is 10.4 Å². The smallest absolute Gasteiger partial charge is 0.327 e. The second kappa shape index (κ2) is 15.2. The lowest BCUT2D eigenvalue weighted by Crippen LogP contribution is -2.41. The molecule has 0 bridgehead atoms. The molecular formula is C23H37NO3S. The van der Waals surface area contributed by atoms with E-state index in [4.69, 9.17) is 5.11 Å². The molecule has 0 aromatic rings. The number of carbonyl (C=O) groups is 2. The van der Waals surface area contributed by atoms with Gasteiger partial charge in [-0.2, -0.15) is 12.6 Å². The predicted octanol–water partition coefficient (Wildman–Crippen LogP) is 5.63. The van der Waals surface area contributed by atoms with Crippen molar-refractivity contribution in [3.8, 4) is 0 Å². The summed E-state index contributed by atoms with van der Waals surface area (Å²) in [6, 6.07) is -0.958. The van der Waals surface area contributed by atoms with E-state index in [-0.39, 0.29) is 11.7 Å². The van der Waals surface area contributed by atoms with E-state index in [1.54, 1.807) is 0 Å². The minimum Gasteiger partial charge on any atom is -0.480 e. The molecule has 0 rings (SSSR count). The molecule has 28 heavy (non-hydrogen) atoms. The molecule has 0 aliphatic rings. The average Bonchev–Trinajstić information content (AvgIpc) is 2.58. The Morgan fingerprint density at radius 2 is 1.32 bits per heavy atom. The number of amides is 1. The number of hydrogen-bond donors (Lipinski definition) is 3. The maximum Gasteiger partial charge on any atom is 0.327 e. The third kappa shape index (κ3) is 14.3. The maximum absolute atomic E-state index is 11.8. The SMILES string of the molecule is CC(C)=CCC/C(C)=C/CC/C(C)=C/CC/C(C)=C/C(=O)N[C@@H](CS)C(=O)O. The van der Waals surface area contributed by atoms with Crippen molar-refractivity contribution in [1.29, 1.82) is 0 Å². The van der Waals surface area contributed by atoms with Crippen molar-refractivity contribution >= 4 is 24.5 Å². The van der Waals surface area contributed by atoms with Gasteiger partial charge in [-0.3, -0.25) is 4.79 Å². The minimum absolute atomic E-state index is 0.0682. The lowest BCUT2D eigenvalue weighted by atomic mass is 10.0. The molecule has 0 aliphatic carbocycles. The average molecular weight is 408 g/mol. The topological polar surface area (TPSA) is 66.4 Å². The number of nitrogens with one attached hydrogen (secondary N) is 1. The monoisotopic (exact) mass is 407 g/mol. The summed E-state index contributed by atoms with van der Waals surface area (Å²) >= 11 is 3.93. The molecule has 1 atom stereocenters. The Morgan fingerprint density at radius 3 is 1.75 bits per heavy atom. The summed E-state index contributed by atoms with van der Waals surface area (Å²) in [7, 11) is 0. The number of allylic oxidation sites excluding steroid dienone is 7. The summed E-state index contributed by atoms with van der Waals surface area (Å²) in [5, 5.41) is 11.4. The van der Waals surface area contributed by atoms with Gasteiger partial charge in [0.05, 0.1) is 0 Å². The highest BCUT2D eigenvalue weighted by Crippen LogP contribution is 2.13. The molecule has 0 saturated carbocycles. The number of hydrogen-bond acceptors (Lipinski definition) is 3. The molecule has 158 valence electrons. The quantitative estimate of drug-likeness (QED) is 0.210. The first-order chi connectivity index (χ1) is 13.1. The van der Waals surface area contributed by atoms with Gasteiger partial charge in [-0.05, 0) is 73.1 Å². The Hall–Kier alpha value is -1.75. The van der Waals surface area contributed by atoms with Crippen molar-refractivity contribution in [2.75, 3.05) is 5.75 Å². The summed E-state index contributed by atoms with van der Waals surface area (Å²) in [5.41, 5.74) is 5.10. The fourth-order valence-electron chi connectivity index (χ4n) is 2.58. The van der Waals surface area contributed by atoms with Gasteiger partial charge in [0.25, 0.3) is 0 Å². The molecule has 0 saturated heterocycles. The van der Waals surface area contributed by atoms with E-state index in [0.29, 0.717) is 0 Å². The van der Waals surface area contributed by atoms with Crippen molar-refractivity contribution in [2.45, 2.75) is 79.2 Å². The second-order valence-electron chi connectivity index (χ2n) is 7.57. The Bertz CT molecular complexity index is 626. The lowest BCUT2D eigenvalue weighted by molar-refractivity contribution is -0.140. The molecular weight excluding hydrogens is 370 g/mol. The summed E-state index contributed by atoms with van der Waals surface area (Å²) in [6.07, 6.45) is 14.3. The number of thiol groups is 1. The molecule has 0 aromatic carbocycles. The van der Waals surface area contributed by atoms with Crippen LogP contribution in [0.4, 0.5) is 0 Å². The minimum atomic E-state index is -1.07. The first-order valence-electron chi connectivity index (χ1n) is 9.91. The number of carboxylic acids is 1. The van der Waals surface area contributed by atoms with Crippen molar-refractivity contribution in [1.82, 2.24) is 5.32 Å².